The van der Waals surface area contributed by atoms with Crippen molar-refractivity contribution in [1.82, 2.24) is 0 Å². The SMILES string of the molecule is C=CC(O)C(=C)C=CC(C)(O)C1OC2CC3OC4CC5OC6CC7OC8CC9OC%10CC%11OC(C)(CCCOS(=O)(=O)O)C(OS(=O)(=O)O)CC%11OC%10CC9OC8CCC7(C)OC6(C)CCC(C)C5OC4C(O)C3(C)OC2CC1=C. The van der Waals surface area contributed by atoms with Crippen LogP contribution in [0.1, 0.15) is 131 Å². The first-order valence-electron chi connectivity index (χ1n) is 28.8. The van der Waals surface area contributed by atoms with Gasteiger partial charge in [0.1, 0.15) is 35.6 Å². The Morgan fingerprint density at radius 2 is 1.27 bits per heavy atom. The van der Waals surface area contributed by atoms with Gasteiger partial charge in [-0.15, -0.1) is 6.58 Å². The zero-order valence-electron chi connectivity index (χ0n) is 46.7. The number of rotatable bonds is 12. The van der Waals surface area contributed by atoms with Gasteiger partial charge in [-0.05, 0) is 96.6 Å². The lowest BCUT2D eigenvalue weighted by Gasteiger charge is -2.61. The largest absolute Gasteiger partial charge is 0.397 e. The normalized spacial score (nSPS) is 50.4. The Hall–Kier alpha value is -1.86. The van der Waals surface area contributed by atoms with Crippen LogP contribution in [-0.2, 0) is 81.3 Å². The predicted octanol–water partition coefficient (Wildman–Crippen LogP) is 4.42. The molecule has 11 rings (SSSR count). The zero-order chi connectivity index (χ0) is 57.3. The van der Waals surface area contributed by atoms with E-state index in [4.69, 9.17) is 60.8 Å². The Morgan fingerprint density at radius 3 is 1.93 bits per heavy atom. The summed E-state index contributed by atoms with van der Waals surface area (Å²) >= 11 is 0. The second kappa shape index (κ2) is 21.8. The number of ether oxygens (including phenoxy) is 11. The molecule has 0 bridgehead atoms. The van der Waals surface area contributed by atoms with E-state index in [1.165, 1.54) is 6.08 Å². The van der Waals surface area contributed by atoms with Crippen molar-refractivity contribution >= 4 is 20.8 Å². The number of aliphatic hydroxyl groups is 3. The van der Waals surface area contributed by atoms with Gasteiger partial charge in [0.25, 0.3) is 0 Å². The third-order valence-corrected chi connectivity index (χ3v) is 21.0. The lowest BCUT2D eigenvalue weighted by Crippen LogP contribution is -2.74. The molecule has 0 saturated carbocycles. The van der Waals surface area contributed by atoms with Crippen LogP contribution in [0.3, 0.4) is 0 Å². The first-order valence-corrected chi connectivity index (χ1v) is 31.5. The van der Waals surface area contributed by atoms with Crippen LogP contribution in [0.4, 0.5) is 0 Å². The maximum Gasteiger partial charge on any atom is 0.397 e. The molecule has 24 heteroatoms. The number of fused-ring (bicyclic) bond motifs is 10. The van der Waals surface area contributed by atoms with E-state index in [1.54, 1.807) is 26.0 Å². The van der Waals surface area contributed by atoms with Crippen LogP contribution in [0.5, 0.6) is 0 Å². The Morgan fingerprint density at radius 1 is 0.713 bits per heavy atom. The van der Waals surface area contributed by atoms with Crippen molar-refractivity contribution in [2.45, 2.75) is 288 Å². The van der Waals surface area contributed by atoms with E-state index in [0.717, 1.165) is 6.42 Å². The van der Waals surface area contributed by atoms with E-state index < -0.39 is 134 Å². The van der Waals surface area contributed by atoms with E-state index in [-0.39, 0.29) is 74.5 Å². The Labute approximate surface area is 470 Å². The van der Waals surface area contributed by atoms with Crippen molar-refractivity contribution in [3.8, 4) is 0 Å². The summed E-state index contributed by atoms with van der Waals surface area (Å²) in [5.74, 6) is 0.0538. The molecule has 452 valence electrons. The van der Waals surface area contributed by atoms with Gasteiger partial charge in [-0.2, -0.15) is 16.8 Å². The van der Waals surface area contributed by atoms with Gasteiger partial charge in [0, 0.05) is 44.9 Å². The maximum atomic E-state index is 12.3. The van der Waals surface area contributed by atoms with Crippen LogP contribution in [-0.4, -0.2) is 204 Å². The molecule has 27 unspecified atom stereocenters. The minimum atomic E-state index is -4.91. The molecule has 11 fully saturated rings. The van der Waals surface area contributed by atoms with E-state index >= 15 is 0 Å². The van der Waals surface area contributed by atoms with Crippen molar-refractivity contribution in [2.24, 2.45) is 5.92 Å². The molecule has 22 nitrogen and oxygen atoms in total. The highest BCUT2D eigenvalue weighted by Gasteiger charge is 2.65. The fourth-order valence-electron chi connectivity index (χ4n) is 15.5. The summed E-state index contributed by atoms with van der Waals surface area (Å²) in [5.41, 5.74) is -4.23. The van der Waals surface area contributed by atoms with Crippen LogP contribution in [0.15, 0.2) is 49.1 Å². The van der Waals surface area contributed by atoms with Crippen LogP contribution >= 0.6 is 0 Å². The fourth-order valence-corrected chi connectivity index (χ4v) is 16.4. The van der Waals surface area contributed by atoms with E-state index in [9.17, 15) is 36.7 Å². The topological polar surface area (TPSA) is 289 Å². The molecule has 0 aromatic heterocycles. The van der Waals surface area contributed by atoms with Gasteiger partial charge < -0.3 is 67.4 Å². The molecule has 80 heavy (non-hydrogen) atoms. The molecule has 0 aromatic carbocycles. The second-order valence-corrected chi connectivity index (χ2v) is 28.1. The van der Waals surface area contributed by atoms with E-state index in [2.05, 4.69) is 44.7 Å². The zero-order valence-corrected chi connectivity index (χ0v) is 48.3. The molecule has 0 spiro atoms. The maximum absolute atomic E-state index is 12.3. The van der Waals surface area contributed by atoms with Gasteiger partial charge in [-0.3, -0.25) is 9.11 Å². The third-order valence-electron chi connectivity index (χ3n) is 20.0. The van der Waals surface area contributed by atoms with Gasteiger partial charge in [0.15, 0.2) is 0 Å². The first-order chi connectivity index (χ1) is 37.4. The van der Waals surface area contributed by atoms with Crippen molar-refractivity contribution in [1.29, 1.82) is 0 Å². The van der Waals surface area contributed by atoms with Crippen molar-refractivity contribution in [2.75, 3.05) is 6.61 Å². The Kier molecular flexibility index (Phi) is 16.3. The summed E-state index contributed by atoms with van der Waals surface area (Å²) in [7, 11) is -9.60. The van der Waals surface area contributed by atoms with Gasteiger partial charge in [-0.25, -0.2) is 8.37 Å². The Balaban J connectivity index is 0.744. The highest BCUT2D eigenvalue weighted by molar-refractivity contribution is 7.81. The number of hydrogen-bond donors (Lipinski definition) is 5. The summed E-state index contributed by atoms with van der Waals surface area (Å²) in [4.78, 5) is 0. The summed E-state index contributed by atoms with van der Waals surface area (Å²) < 4.78 is 151. The van der Waals surface area contributed by atoms with E-state index in [0.29, 0.717) is 75.4 Å². The number of aliphatic hydroxyl groups excluding tert-OH is 2. The van der Waals surface area contributed by atoms with Crippen LogP contribution in [0.25, 0.3) is 0 Å². The molecule has 11 aliphatic rings. The Bertz CT molecular complexity index is 2600. The molecule has 5 N–H and O–H groups in total. The smallest absolute Gasteiger partial charge is 0.387 e. The lowest BCUT2D eigenvalue weighted by atomic mass is 9.73. The van der Waals surface area contributed by atoms with E-state index in [1.807, 2.05) is 6.92 Å². The third kappa shape index (κ3) is 11.6. The van der Waals surface area contributed by atoms with Crippen molar-refractivity contribution in [3.63, 3.8) is 0 Å². The highest BCUT2D eigenvalue weighted by atomic mass is 32.3. The van der Waals surface area contributed by atoms with Gasteiger partial charge in [0.2, 0.25) is 0 Å². The van der Waals surface area contributed by atoms with Crippen LogP contribution in [0.2, 0.25) is 0 Å². The van der Waals surface area contributed by atoms with Crippen molar-refractivity contribution < 1.29 is 102 Å². The number of hydrogen-bond acceptors (Lipinski definition) is 20. The molecule has 11 heterocycles. The van der Waals surface area contributed by atoms with Gasteiger partial charge in [-0.1, -0.05) is 38.3 Å². The van der Waals surface area contributed by atoms with Crippen molar-refractivity contribution in [3.05, 3.63) is 49.1 Å². The first kappa shape index (κ1) is 59.9. The minimum Gasteiger partial charge on any atom is -0.387 e. The molecule has 11 aliphatic heterocycles. The van der Waals surface area contributed by atoms with Gasteiger partial charge in [0.05, 0.1) is 127 Å². The minimum absolute atomic E-state index is 0.0538. The molecular weight excluding hydrogens is 1090 g/mol. The quantitative estimate of drug-likeness (QED) is 0.0782. The van der Waals surface area contributed by atoms with Gasteiger partial charge >= 0.3 is 20.8 Å². The summed E-state index contributed by atoms with van der Waals surface area (Å²) in [6.45, 7) is 23.0. The molecular formula is C56H84O22S2. The molecule has 27 atom stereocenters. The molecule has 0 aliphatic carbocycles. The van der Waals surface area contributed by atoms with Crippen LogP contribution < -0.4 is 0 Å². The molecule has 0 amide bonds. The van der Waals surface area contributed by atoms with Crippen LogP contribution in [0, 0.1) is 5.92 Å². The summed E-state index contributed by atoms with van der Waals surface area (Å²) in [6.07, 6.45) is -0.374. The molecule has 0 aromatic rings. The molecule has 0 radical (unpaired) electrons. The summed E-state index contributed by atoms with van der Waals surface area (Å²) in [6, 6.07) is 0. The average Bonchev–Trinajstić information content (AvgIpc) is 3.51. The second-order valence-electron chi connectivity index (χ2n) is 26.0. The standard InChI is InChI=1S/C56H84O22S2/c1-10-31(57)28(2)12-16-52(5,59)51-30(4)20-40-39(73-51)26-47-56(9,76-40)50(58)49-43(72-47)24-42-48(74-49)29(3)13-17-54(7)45(71-42)27-44-55(8,78-54)18-14-32-33(70-44)21-35-34(67-32)22-36-37(68-35)23-41-38(69-36)25-46(77-80(63,64)65)53(6,75-41)15-11-19-66-79(60,61)62/h10,12,16,29,31-51,57-59H,1-2,4,11,13-15,17-27H2,3,5-9H3,(H,60,61,62)(H,63,64,65). The highest BCUT2D eigenvalue weighted by Crippen LogP contribution is 2.54. The average molecular weight is 1170 g/mol. The molecule has 11 saturated heterocycles. The predicted molar refractivity (Wildman–Crippen MR) is 282 cm³/mol. The fraction of sp³-hybridized carbons (Fsp3) is 0.857. The summed E-state index contributed by atoms with van der Waals surface area (Å²) in [5, 5.41) is 34.1. The monoisotopic (exact) mass is 1170 g/mol. The lowest BCUT2D eigenvalue weighted by molar-refractivity contribution is -0.369.